The minimum Gasteiger partial charge on any atom is -0.484 e. The van der Waals surface area contributed by atoms with Gasteiger partial charge in [0.1, 0.15) is 5.75 Å². The molecular weight excluding hydrogens is 328 g/mol. The van der Waals surface area contributed by atoms with Gasteiger partial charge in [-0.25, -0.2) is 0 Å². The quantitative estimate of drug-likeness (QED) is 0.877. The molecule has 0 spiro atoms. The standard InChI is InChI=1S/C21H32N2O3/c1-20(2)16-22(13-10-21(20,3)25)14-17-6-8-18(9-7-17)26-15-19(24)23-11-4-5-12-23/h6-9,25H,4-5,10-16H2,1-3H3/t21-/m0/s1. The molecule has 1 aromatic carbocycles. The van der Waals surface area contributed by atoms with Gasteiger partial charge in [0, 0.05) is 38.1 Å². The number of ether oxygens (including phenoxy) is 1. The maximum atomic E-state index is 12.0. The third-order valence-electron chi connectivity index (χ3n) is 6.14. The number of benzene rings is 1. The number of amides is 1. The van der Waals surface area contributed by atoms with Crippen molar-refractivity contribution in [3.8, 4) is 5.75 Å². The van der Waals surface area contributed by atoms with E-state index in [-0.39, 0.29) is 17.9 Å². The van der Waals surface area contributed by atoms with Crippen LogP contribution in [-0.2, 0) is 11.3 Å². The summed E-state index contributed by atoms with van der Waals surface area (Å²) in [4.78, 5) is 16.3. The predicted octanol–water partition coefficient (Wildman–Crippen LogP) is 2.67. The lowest BCUT2D eigenvalue weighted by Gasteiger charge is -2.48. The highest BCUT2D eigenvalue weighted by atomic mass is 16.5. The fourth-order valence-corrected chi connectivity index (χ4v) is 3.81. The van der Waals surface area contributed by atoms with Gasteiger partial charge in [-0.2, -0.15) is 0 Å². The number of aliphatic hydroxyl groups is 1. The van der Waals surface area contributed by atoms with E-state index in [4.69, 9.17) is 4.74 Å². The van der Waals surface area contributed by atoms with Crippen molar-refractivity contribution in [2.75, 3.05) is 32.8 Å². The Bertz CT molecular complexity index is 619. The summed E-state index contributed by atoms with van der Waals surface area (Å²) in [6.07, 6.45) is 2.99. The molecule has 26 heavy (non-hydrogen) atoms. The second-order valence-corrected chi connectivity index (χ2v) is 8.64. The van der Waals surface area contributed by atoms with E-state index in [2.05, 4.69) is 30.9 Å². The van der Waals surface area contributed by atoms with Gasteiger partial charge in [0.25, 0.3) is 5.91 Å². The van der Waals surface area contributed by atoms with Crippen LogP contribution < -0.4 is 4.74 Å². The van der Waals surface area contributed by atoms with Gasteiger partial charge in [-0.1, -0.05) is 26.0 Å². The third-order valence-corrected chi connectivity index (χ3v) is 6.14. The molecule has 5 heteroatoms. The van der Waals surface area contributed by atoms with Crippen molar-refractivity contribution in [2.45, 2.75) is 52.2 Å². The Kier molecular flexibility index (Phi) is 5.58. The first-order valence-corrected chi connectivity index (χ1v) is 9.71. The van der Waals surface area contributed by atoms with E-state index in [1.54, 1.807) is 0 Å². The zero-order chi connectivity index (χ0) is 18.8. The molecular formula is C21H32N2O3. The fraction of sp³-hybridized carbons (Fsp3) is 0.667. The molecule has 0 aromatic heterocycles. The summed E-state index contributed by atoms with van der Waals surface area (Å²) in [5, 5.41) is 10.5. The zero-order valence-corrected chi connectivity index (χ0v) is 16.3. The van der Waals surface area contributed by atoms with Gasteiger partial charge < -0.3 is 14.7 Å². The molecule has 2 fully saturated rings. The van der Waals surface area contributed by atoms with E-state index in [0.29, 0.717) is 0 Å². The molecule has 1 aromatic rings. The number of nitrogens with zero attached hydrogens (tertiary/aromatic N) is 2. The SMILES string of the molecule is CC1(C)CN(Cc2ccc(OCC(=O)N3CCCC3)cc2)CC[C@]1(C)O. The first-order valence-electron chi connectivity index (χ1n) is 9.71. The van der Waals surface area contributed by atoms with Crippen molar-refractivity contribution in [1.82, 2.24) is 9.80 Å². The van der Waals surface area contributed by atoms with Crippen LogP contribution in [0.4, 0.5) is 0 Å². The van der Waals surface area contributed by atoms with E-state index in [9.17, 15) is 9.90 Å². The molecule has 2 aliphatic heterocycles. The zero-order valence-electron chi connectivity index (χ0n) is 16.3. The van der Waals surface area contributed by atoms with Crippen LogP contribution in [0.5, 0.6) is 5.75 Å². The molecule has 0 saturated carbocycles. The summed E-state index contributed by atoms with van der Waals surface area (Å²) in [7, 11) is 0. The number of carbonyl (C=O) groups excluding carboxylic acids is 1. The largest absolute Gasteiger partial charge is 0.484 e. The van der Waals surface area contributed by atoms with Crippen LogP contribution >= 0.6 is 0 Å². The molecule has 0 aliphatic carbocycles. The third kappa shape index (κ3) is 4.38. The van der Waals surface area contributed by atoms with Gasteiger partial charge in [-0.3, -0.25) is 9.69 Å². The van der Waals surface area contributed by atoms with Crippen LogP contribution in [0, 0.1) is 5.41 Å². The van der Waals surface area contributed by atoms with Gasteiger partial charge in [0.05, 0.1) is 5.60 Å². The molecule has 2 aliphatic rings. The van der Waals surface area contributed by atoms with Crippen LogP contribution in [0.15, 0.2) is 24.3 Å². The molecule has 2 heterocycles. The van der Waals surface area contributed by atoms with E-state index < -0.39 is 5.60 Å². The van der Waals surface area contributed by atoms with Crippen molar-refractivity contribution >= 4 is 5.91 Å². The lowest BCUT2D eigenvalue weighted by molar-refractivity contribution is -0.132. The lowest BCUT2D eigenvalue weighted by Crippen LogP contribution is -2.55. The monoisotopic (exact) mass is 360 g/mol. The highest BCUT2D eigenvalue weighted by Gasteiger charge is 2.43. The number of carbonyl (C=O) groups is 1. The van der Waals surface area contributed by atoms with Crippen LogP contribution in [0.25, 0.3) is 0 Å². The number of likely N-dealkylation sites (tertiary alicyclic amines) is 2. The van der Waals surface area contributed by atoms with E-state index in [0.717, 1.165) is 57.7 Å². The van der Waals surface area contributed by atoms with Gasteiger partial charge >= 0.3 is 0 Å². The molecule has 2 saturated heterocycles. The second kappa shape index (κ2) is 7.57. The summed E-state index contributed by atoms with van der Waals surface area (Å²) < 4.78 is 5.65. The summed E-state index contributed by atoms with van der Waals surface area (Å²) in [6.45, 7) is 10.7. The van der Waals surface area contributed by atoms with Crippen LogP contribution in [0.1, 0.15) is 45.6 Å². The lowest BCUT2D eigenvalue weighted by atomic mass is 9.71. The highest BCUT2D eigenvalue weighted by molar-refractivity contribution is 5.78. The number of hydrogen-bond donors (Lipinski definition) is 1. The summed E-state index contributed by atoms with van der Waals surface area (Å²) >= 11 is 0. The Labute approximate surface area is 156 Å². The van der Waals surface area contributed by atoms with Crippen LogP contribution in [-0.4, -0.2) is 59.2 Å². The maximum Gasteiger partial charge on any atom is 0.260 e. The molecule has 0 radical (unpaired) electrons. The van der Waals surface area contributed by atoms with Crippen molar-refractivity contribution in [1.29, 1.82) is 0 Å². The first kappa shape index (κ1) is 19.2. The minimum absolute atomic E-state index is 0.0779. The Balaban J connectivity index is 1.49. The number of hydrogen-bond acceptors (Lipinski definition) is 4. The predicted molar refractivity (Wildman–Crippen MR) is 102 cm³/mol. The van der Waals surface area contributed by atoms with Crippen LogP contribution in [0.2, 0.25) is 0 Å². The second-order valence-electron chi connectivity index (χ2n) is 8.64. The molecule has 3 rings (SSSR count). The van der Waals surface area contributed by atoms with Crippen molar-refractivity contribution in [3.63, 3.8) is 0 Å². The molecule has 1 amide bonds. The fourth-order valence-electron chi connectivity index (χ4n) is 3.81. The Morgan fingerprint density at radius 2 is 1.77 bits per heavy atom. The van der Waals surface area contributed by atoms with E-state index >= 15 is 0 Å². The average Bonchev–Trinajstić information content (AvgIpc) is 3.12. The average molecular weight is 360 g/mol. The molecule has 1 atom stereocenters. The van der Waals surface area contributed by atoms with E-state index in [1.165, 1.54) is 5.56 Å². The van der Waals surface area contributed by atoms with Crippen LogP contribution in [0.3, 0.4) is 0 Å². The molecule has 5 nitrogen and oxygen atoms in total. The maximum absolute atomic E-state index is 12.0. The molecule has 0 bridgehead atoms. The van der Waals surface area contributed by atoms with Gasteiger partial charge in [-0.05, 0) is 43.9 Å². The Morgan fingerprint density at radius 3 is 2.38 bits per heavy atom. The van der Waals surface area contributed by atoms with Gasteiger partial charge in [0.15, 0.2) is 6.61 Å². The Hall–Kier alpha value is -1.59. The summed E-state index contributed by atoms with van der Waals surface area (Å²) in [5.41, 5.74) is 0.494. The topological polar surface area (TPSA) is 53.0 Å². The van der Waals surface area contributed by atoms with E-state index in [1.807, 2.05) is 24.0 Å². The van der Waals surface area contributed by atoms with Crippen molar-refractivity contribution in [2.24, 2.45) is 5.41 Å². The number of piperidine rings is 1. The highest BCUT2D eigenvalue weighted by Crippen LogP contribution is 2.38. The summed E-state index contributed by atoms with van der Waals surface area (Å²) in [5.74, 6) is 0.817. The molecule has 1 N–H and O–H groups in total. The minimum atomic E-state index is -0.608. The Morgan fingerprint density at radius 1 is 1.12 bits per heavy atom. The van der Waals surface area contributed by atoms with Crippen molar-refractivity contribution < 1.29 is 14.6 Å². The van der Waals surface area contributed by atoms with Crippen molar-refractivity contribution in [3.05, 3.63) is 29.8 Å². The molecule has 144 valence electrons. The number of rotatable bonds is 5. The van der Waals surface area contributed by atoms with Gasteiger partial charge in [-0.15, -0.1) is 0 Å². The summed E-state index contributed by atoms with van der Waals surface area (Å²) in [6, 6.07) is 8.01. The normalized spacial score (nSPS) is 26.1. The smallest absolute Gasteiger partial charge is 0.260 e. The molecule has 0 unspecified atom stereocenters. The first-order chi connectivity index (χ1) is 12.3. The van der Waals surface area contributed by atoms with Gasteiger partial charge in [0.2, 0.25) is 0 Å².